The highest BCUT2D eigenvalue weighted by molar-refractivity contribution is 8.76. The molecule has 9 heteroatoms. The van der Waals surface area contributed by atoms with Crippen molar-refractivity contribution in [3.05, 3.63) is 59.7 Å². The zero-order valence-corrected chi connectivity index (χ0v) is 23.5. The lowest BCUT2D eigenvalue weighted by Crippen LogP contribution is -2.45. The Labute approximate surface area is 227 Å². The van der Waals surface area contributed by atoms with Crippen LogP contribution in [-0.2, 0) is 14.3 Å². The number of carboxylic acid groups (broad SMARTS) is 1. The average molecular weight is 545 g/mol. The van der Waals surface area contributed by atoms with Crippen molar-refractivity contribution in [3.63, 3.8) is 0 Å². The number of nitrogens with one attached hydrogen (secondary N) is 1. The third kappa shape index (κ3) is 8.43. The summed E-state index contributed by atoms with van der Waals surface area (Å²) in [7, 11) is 2.94. The van der Waals surface area contributed by atoms with Gasteiger partial charge in [0.15, 0.2) is 0 Å². The van der Waals surface area contributed by atoms with Crippen molar-refractivity contribution in [2.45, 2.75) is 70.1 Å². The van der Waals surface area contributed by atoms with Crippen LogP contribution in [0.2, 0.25) is 0 Å². The largest absolute Gasteiger partial charge is 0.481 e. The first-order chi connectivity index (χ1) is 17.6. The van der Waals surface area contributed by atoms with Crippen LogP contribution < -0.4 is 5.32 Å². The number of aliphatic carboxylic acids is 1. The molecule has 0 saturated carbocycles. The second-order valence-corrected chi connectivity index (χ2v) is 13.0. The smallest absolute Gasteiger partial charge is 0.407 e. The van der Waals surface area contributed by atoms with Crippen LogP contribution in [0.15, 0.2) is 48.5 Å². The number of benzene rings is 2. The van der Waals surface area contributed by atoms with Crippen molar-refractivity contribution in [2.75, 3.05) is 13.2 Å². The number of carbonyl (C=O) groups is 3. The van der Waals surface area contributed by atoms with Gasteiger partial charge in [-0.2, -0.15) is 0 Å². The maximum atomic E-state index is 13.2. The molecule has 1 unspecified atom stereocenters. The number of fused-ring (bicyclic) bond motifs is 3. The first kappa shape index (κ1) is 28.9. The Morgan fingerprint density at radius 3 is 2.16 bits per heavy atom. The number of ether oxygens (including phenoxy) is 1. The van der Waals surface area contributed by atoms with Crippen LogP contribution in [-0.4, -0.2) is 51.3 Å². The molecule has 1 atom stereocenters. The summed E-state index contributed by atoms with van der Waals surface area (Å²) < 4.78 is 7.20. The van der Waals surface area contributed by atoms with Crippen molar-refractivity contribution in [1.29, 1.82) is 0 Å². The summed E-state index contributed by atoms with van der Waals surface area (Å²) in [5.74, 6) is -1.08. The summed E-state index contributed by atoms with van der Waals surface area (Å²) >= 11 is 0. The van der Waals surface area contributed by atoms with Gasteiger partial charge in [0, 0.05) is 34.6 Å². The van der Waals surface area contributed by atoms with E-state index in [4.69, 9.17) is 9.84 Å². The SMILES string of the molecule is CC(NC(=O)OCC1c2ccccc2-c2ccccc21)C(=O)N(CCCCCC(=O)O)SSC(C)(C)C. The van der Waals surface area contributed by atoms with Crippen LogP contribution >= 0.6 is 21.8 Å². The predicted octanol–water partition coefficient (Wildman–Crippen LogP) is 6.48. The highest BCUT2D eigenvalue weighted by Gasteiger charge is 2.30. The number of carbonyl (C=O) groups excluding carboxylic acids is 2. The van der Waals surface area contributed by atoms with Crippen LogP contribution in [0.4, 0.5) is 4.79 Å². The van der Waals surface area contributed by atoms with Gasteiger partial charge < -0.3 is 15.2 Å². The Hall–Kier alpha value is -2.65. The molecule has 0 aromatic heterocycles. The standard InChI is InChI=1S/C28H36N2O5S2/c1-19(26(33)30(37-36-28(2,3)4)17-11-5-6-16-25(31)32)29-27(34)35-18-24-22-14-9-7-12-20(22)21-13-8-10-15-23(21)24/h7-10,12-15,19,24H,5-6,11,16-18H2,1-4H3,(H,29,34)(H,31,32). The molecule has 7 nitrogen and oxygen atoms in total. The molecular weight excluding hydrogens is 508 g/mol. The van der Waals surface area contributed by atoms with Crippen molar-refractivity contribution >= 4 is 39.7 Å². The molecule has 200 valence electrons. The minimum Gasteiger partial charge on any atom is -0.481 e. The van der Waals surface area contributed by atoms with Gasteiger partial charge in [0.05, 0.1) is 0 Å². The molecule has 3 rings (SSSR count). The van der Waals surface area contributed by atoms with E-state index >= 15 is 0 Å². The van der Waals surface area contributed by atoms with Crippen LogP contribution in [0.5, 0.6) is 0 Å². The molecule has 0 fully saturated rings. The van der Waals surface area contributed by atoms with E-state index in [1.165, 1.54) is 11.0 Å². The fourth-order valence-corrected chi connectivity index (χ4v) is 6.28. The zero-order chi connectivity index (χ0) is 27.0. The predicted molar refractivity (Wildman–Crippen MR) is 150 cm³/mol. The van der Waals surface area contributed by atoms with E-state index < -0.39 is 18.1 Å². The Morgan fingerprint density at radius 1 is 1.00 bits per heavy atom. The number of rotatable bonds is 12. The monoisotopic (exact) mass is 544 g/mol. The summed E-state index contributed by atoms with van der Waals surface area (Å²) in [6, 6.07) is 15.5. The Morgan fingerprint density at radius 2 is 1.59 bits per heavy atom. The normalized spacial score (nSPS) is 13.4. The van der Waals surface area contributed by atoms with E-state index in [0.29, 0.717) is 25.8 Å². The summed E-state index contributed by atoms with van der Waals surface area (Å²) in [5, 5.41) is 11.5. The van der Waals surface area contributed by atoms with E-state index in [-0.39, 0.29) is 29.6 Å². The maximum absolute atomic E-state index is 13.2. The Kier molecular flexibility index (Phi) is 10.3. The highest BCUT2D eigenvalue weighted by Crippen LogP contribution is 2.44. The third-order valence-corrected chi connectivity index (χ3v) is 9.30. The molecule has 1 aliphatic carbocycles. The van der Waals surface area contributed by atoms with E-state index in [0.717, 1.165) is 22.3 Å². The number of hydrogen-bond acceptors (Lipinski definition) is 6. The maximum Gasteiger partial charge on any atom is 0.407 e. The molecule has 2 N–H and O–H groups in total. The second-order valence-electron chi connectivity index (χ2n) is 10.1. The molecule has 0 heterocycles. The number of carboxylic acids is 1. The summed E-state index contributed by atoms with van der Waals surface area (Å²) in [4.78, 5) is 36.6. The quantitative estimate of drug-likeness (QED) is 0.179. The van der Waals surface area contributed by atoms with Crippen molar-refractivity contribution < 1.29 is 24.2 Å². The van der Waals surface area contributed by atoms with Crippen LogP contribution in [0.1, 0.15) is 70.4 Å². The van der Waals surface area contributed by atoms with Crippen molar-refractivity contribution in [2.24, 2.45) is 0 Å². The van der Waals surface area contributed by atoms with Gasteiger partial charge in [0.25, 0.3) is 5.91 Å². The van der Waals surface area contributed by atoms with Gasteiger partial charge in [-0.1, -0.05) is 86.5 Å². The van der Waals surface area contributed by atoms with Crippen molar-refractivity contribution in [1.82, 2.24) is 9.62 Å². The van der Waals surface area contributed by atoms with E-state index in [1.54, 1.807) is 22.0 Å². The lowest BCUT2D eigenvalue weighted by atomic mass is 9.98. The lowest BCUT2D eigenvalue weighted by molar-refractivity contribution is -0.137. The molecule has 0 bridgehead atoms. The minimum absolute atomic E-state index is 0.0507. The fraction of sp³-hybridized carbons (Fsp3) is 0.464. The first-order valence-electron chi connectivity index (χ1n) is 12.6. The van der Waals surface area contributed by atoms with Crippen molar-refractivity contribution in [3.8, 4) is 11.1 Å². The summed E-state index contributed by atoms with van der Waals surface area (Å²) in [6.45, 7) is 8.52. The lowest BCUT2D eigenvalue weighted by Gasteiger charge is -2.27. The van der Waals surface area contributed by atoms with Gasteiger partial charge in [0.2, 0.25) is 0 Å². The molecule has 2 amide bonds. The molecule has 0 aliphatic heterocycles. The van der Waals surface area contributed by atoms with Crippen LogP contribution in [0.3, 0.4) is 0 Å². The summed E-state index contributed by atoms with van der Waals surface area (Å²) in [5.41, 5.74) is 4.57. The third-order valence-electron chi connectivity index (χ3n) is 5.92. The topological polar surface area (TPSA) is 95.9 Å². The molecular formula is C28H36N2O5S2. The number of alkyl carbamates (subject to hydrolysis) is 1. The molecule has 37 heavy (non-hydrogen) atoms. The van der Waals surface area contributed by atoms with Gasteiger partial charge in [0.1, 0.15) is 12.6 Å². The first-order valence-corrected chi connectivity index (χ1v) is 14.7. The second kappa shape index (κ2) is 13.2. The average Bonchev–Trinajstić information content (AvgIpc) is 3.17. The van der Waals surface area contributed by atoms with Gasteiger partial charge in [-0.15, -0.1) is 0 Å². The van der Waals surface area contributed by atoms with Gasteiger partial charge in [-0.25, -0.2) is 4.79 Å². The Balaban J connectivity index is 1.56. The molecule has 2 aromatic carbocycles. The number of hydrogen-bond donors (Lipinski definition) is 2. The van der Waals surface area contributed by atoms with Crippen LogP contribution in [0.25, 0.3) is 11.1 Å². The number of nitrogens with zero attached hydrogens (tertiary/aromatic N) is 1. The van der Waals surface area contributed by atoms with E-state index in [1.807, 2.05) is 24.3 Å². The molecule has 2 aromatic rings. The van der Waals surface area contributed by atoms with Gasteiger partial charge >= 0.3 is 12.1 Å². The van der Waals surface area contributed by atoms with E-state index in [9.17, 15) is 14.4 Å². The molecule has 0 saturated heterocycles. The number of amides is 2. The molecule has 0 spiro atoms. The van der Waals surface area contributed by atoms with Gasteiger partial charge in [-0.05, 0) is 42.0 Å². The fourth-order valence-electron chi connectivity index (χ4n) is 4.14. The van der Waals surface area contributed by atoms with Gasteiger partial charge in [-0.3, -0.25) is 13.9 Å². The van der Waals surface area contributed by atoms with E-state index in [2.05, 4.69) is 50.4 Å². The summed E-state index contributed by atoms with van der Waals surface area (Å²) in [6.07, 6.45) is 1.47. The molecule has 1 aliphatic rings. The molecule has 0 radical (unpaired) electrons. The minimum atomic E-state index is -0.813. The number of unbranched alkanes of at least 4 members (excludes halogenated alkanes) is 2. The highest BCUT2D eigenvalue weighted by atomic mass is 33.1. The van der Waals surface area contributed by atoms with Crippen LogP contribution in [0, 0.1) is 0 Å². The zero-order valence-electron chi connectivity index (χ0n) is 21.9. The Bertz CT molecular complexity index is 1060.